The summed E-state index contributed by atoms with van der Waals surface area (Å²) in [7, 11) is 1.55. The van der Waals surface area contributed by atoms with E-state index in [0.717, 1.165) is 29.5 Å². The van der Waals surface area contributed by atoms with Crippen molar-refractivity contribution in [1.29, 1.82) is 0 Å². The van der Waals surface area contributed by atoms with Crippen LogP contribution in [0.2, 0.25) is 0 Å². The molecule has 8 nitrogen and oxygen atoms in total. The van der Waals surface area contributed by atoms with Gasteiger partial charge in [0.05, 0.1) is 25.4 Å². The minimum absolute atomic E-state index is 0.00611. The second-order valence-electron chi connectivity index (χ2n) is 18.8. The number of anilines is 1. The monoisotopic (exact) mass is 846 g/mol. The van der Waals surface area contributed by atoms with Gasteiger partial charge >= 0.3 is 12.4 Å². The van der Waals surface area contributed by atoms with Crippen LogP contribution in [-0.2, 0) is 6.54 Å². The van der Waals surface area contributed by atoms with Gasteiger partial charge in [0.1, 0.15) is 11.5 Å². The number of carbonyl (C=O) groups excluding carboxylic acids is 2. The van der Waals surface area contributed by atoms with Gasteiger partial charge in [-0.25, -0.2) is 4.79 Å². The molecule has 4 aromatic carbocycles. The number of nitrogens with zero attached hydrogens (tertiary/aromatic N) is 1. The third-order valence-corrected chi connectivity index (χ3v) is 15.8. The molecule has 0 radical (unpaired) electrons. The zero-order chi connectivity index (χ0) is 43.7. The number of aliphatic hydroxyl groups excluding tert-OH is 1. The number of carbonyl (C=O) groups is 2. The van der Waals surface area contributed by atoms with Crippen molar-refractivity contribution in [2.45, 2.75) is 83.4 Å². The first-order chi connectivity index (χ1) is 29.5. The summed E-state index contributed by atoms with van der Waals surface area (Å²) in [5.41, 5.74) is 0.529. The van der Waals surface area contributed by atoms with Crippen molar-refractivity contribution in [2.24, 2.45) is 33.5 Å². The molecule has 3 N–H and O–H groups in total. The van der Waals surface area contributed by atoms with Crippen LogP contribution in [0.15, 0.2) is 127 Å². The van der Waals surface area contributed by atoms with Crippen LogP contribution in [-0.4, -0.2) is 58.6 Å². The molecule has 2 amide bonds. The quantitative estimate of drug-likeness (QED) is 0.108. The van der Waals surface area contributed by atoms with E-state index >= 15 is 4.79 Å². The van der Waals surface area contributed by atoms with Crippen molar-refractivity contribution in [3.63, 3.8) is 0 Å². The Morgan fingerprint density at radius 2 is 1.45 bits per heavy atom. The van der Waals surface area contributed by atoms with Crippen LogP contribution >= 0.6 is 0 Å². The molecule has 0 heterocycles. The zero-order valence-electron chi connectivity index (χ0n) is 35.3. The van der Waals surface area contributed by atoms with E-state index < -0.39 is 40.3 Å². The number of halogens is 3. The van der Waals surface area contributed by atoms with E-state index in [0.29, 0.717) is 54.7 Å². The third-order valence-electron chi connectivity index (χ3n) is 15.8. The van der Waals surface area contributed by atoms with Crippen molar-refractivity contribution >= 4 is 17.5 Å². The summed E-state index contributed by atoms with van der Waals surface area (Å²) >= 11 is 0. The van der Waals surface area contributed by atoms with Crippen molar-refractivity contribution < 1.29 is 42.4 Å². The number of hydrogen-bond acceptors (Lipinski definition) is 6. The van der Waals surface area contributed by atoms with E-state index in [4.69, 9.17) is 4.74 Å². The summed E-state index contributed by atoms with van der Waals surface area (Å²) in [6, 6.07) is 29.5. The lowest BCUT2D eigenvalue weighted by molar-refractivity contribution is -0.274. The van der Waals surface area contributed by atoms with Crippen LogP contribution in [0.3, 0.4) is 0 Å². The minimum Gasteiger partial charge on any atom is -0.497 e. The van der Waals surface area contributed by atoms with Gasteiger partial charge in [-0.15, -0.1) is 13.2 Å². The second kappa shape index (κ2) is 15.2. The number of ether oxygens (including phenoxy) is 2. The molecule has 3 saturated carbocycles. The van der Waals surface area contributed by atoms with Gasteiger partial charge in [-0.05, 0) is 115 Å². The number of benzene rings is 4. The van der Waals surface area contributed by atoms with Gasteiger partial charge < -0.3 is 29.9 Å². The Bertz CT molecular complexity index is 2420. The zero-order valence-corrected chi connectivity index (χ0v) is 35.3. The Morgan fingerprint density at radius 3 is 2.16 bits per heavy atom. The highest BCUT2D eigenvalue weighted by molar-refractivity contribution is 6.14. The lowest BCUT2D eigenvalue weighted by Gasteiger charge is -2.71. The van der Waals surface area contributed by atoms with E-state index in [1.807, 2.05) is 54.6 Å². The minimum atomic E-state index is -4.85. The van der Waals surface area contributed by atoms with Crippen molar-refractivity contribution in [1.82, 2.24) is 4.90 Å². The first-order valence-electron chi connectivity index (χ1n) is 21.6. The van der Waals surface area contributed by atoms with Crippen molar-refractivity contribution in [3.8, 4) is 22.6 Å². The first-order valence-corrected chi connectivity index (χ1v) is 21.6. The smallest absolute Gasteiger partial charge is 0.497 e. The molecule has 4 aromatic rings. The number of allylic oxidation sites excluding steroid dienone is 4. The van der Waals surface area contributed by atoms with Gasteiger partial charge in [0.15, 0.2) is 5.78 Å². The highest BCUT2D eigenvalue weighted by Crippen LogP contribution is 2.78. The number of nitrogens with one attached hydrogen (secondary N) is 1. The summed E-state index contributed by atoms with van der Waals surface area (Å²) in [4.78, 5) is 31.5. The van der Waals surface area contributed by atoms with Crippen molar-refractivity contribution in [2.75, 3.05) is 19.0 Å². The molecule has 8 unspecified atom stereocenters. The molecule has 8 atom stereocenters. The maximum atomic E-state index is 15.6. The Morgan fingerprint density at radius 1 is 0.806 bits per heavy atom. The predicted molar refractivity (Wildman–Crippen MR) is 230 cm³/mol. The number of rotatable bonds is 10. The maximum Gasteiger partial charge on any atom is 0.573 e. The number of hydrogen-bond donors (Lipinski definition) is 3. The molecule has 0 saturated heterocycles. The first kappa shape index (κ1) is 41.9. The van der Waals surface area contributed by atoms with Gasteiger partial charge in [-0.1, -0.05) is 98.8 Å². The Kier molecular flexibility index (Phi) is 10.3. The van der Waals surface area contributed by atoms with Gasteiger partial charge in [-0.2, -0.15) is 0 Å². The van der Waals surface area contributed by atoms with Crippen LogP contribution in [0.25, 0.3) is 11.1 Å². The molecular weight excluding hydrogens is 794 g/mol. The molecule has 6 aliphatic rings. The van der Waals surface area contributed by atoms with Crippen LogP contribution in [0.4, 0.5) is 23.7 Å². The molecule has 11 heteroatoms. The fraction of sp³-hybridized carbons (Fsp3) is 0.412. The average Bonchev–Trinajstić information content (AvgIpc) is 3.53. The summed E-state index contributed by atoms with van der Waals surface area (Å²) in [6.45, 7) is 4.39. The molecule has 6 aliphatic carbocycles. The number of aliphatic hydroxyl groups is 2. The molecule has 0 aliphatic heterocycles. The number of fused-ring (bicyclic) bond motifs is 1. The standard InChI is InChI=1S/C51H53F3N2O6/c1-46-24-21-36(57)29-48(46)27-28-50(41(30-48)44(58)40-12-8-7-11-39(40)34-9-5-4-6-10-34)42(46)22-25-47(2)43(50)23-26-49(47,60)32-56(45(59)55-35-15-19-37(61-3)20-16-35)31-33-13-17-38(18-14-33)62-51(52,53)54/h4-20,27-28,30,36,42-43,57,60H,21-26,29,31-32H2,1-3H3,(H,55,59). The summed E-state index contributed by atoms with van der Waals surface area (Å²) in [5, 5.41) is 27.4. The molecule has 2 bridgehead atoms. The largest absolute Gasteiger partial charge is 0.573 e. The van der Waals surface area contributed by atoms with E-state index in [-0.39, 0.29) is 41.9 Å². The fourth-order valence-electron chi connectivity index (χ4n) is 12.7. The van der Waals surface area contributed by atoms with Crippen molar-refractivity contribution in [3.05, 3.63) is 138 Å². The lowest BCUT2D eigenvalue weighted by Crippen LogP contribution is -2.67. The van der Waals surface area contributed by atoms with Crippen LogP contribution in [0.1, 0.15) is 74.7 Å². The molecule has 3 fully saturated rings. The normalized spacial score (nSPS) is 31.9. The molecular formula is C51H53F3N2O6. The molecule has 0 aromatic heterocycles. The molecule has 324 valence electrons. The van der Waals surface area contributed by atoms with E-state index in [1.165, 1.54) is 29.2 Å². The summed E-state index contributed by atoms with van der Waals surface area (Å²) in [6.07, 6.45) is 5.80. The Balaban J connectivity index is 1.10. The molecule has 10 rings (SSSR count). The van der Waals surface area contributed by atoms with Gasteiger partial charge in [0.25, 0.3) is 0 Å². The number of alkyl halides is 3. The van der Waals surface area contributed by atoms with Gasteiger partial charge in [0, 0.05) is 39.6 Å². The Labute approximate surface area is 360 Å². The van der Waals surface area contributed by atoms with E-state index in [1.54, 1.807) is 31.4 Å². The SMILES string of the molecule is COc1ccc(NC(=O)N(Cc2ccc(OC(F)(F)F)cc2)CC2(O)CCC3C45C=CC6(C=C4C(=O)c4ccccc4-c4ccccc4)CC(O)CCC6(C)C5CCC32C)cc1. The predicted octanol–water partition coefficient (Wildman–Crippen LogP) is 10.8. The van der Waals surface area contributed by atoms with Crippen LogP contribution in [0, 0.1) is 33.5 Å². The lowest BCUT2D eigenvalue weighted by atomic mass is 9.32. The second-order valence-corrected chi connectivity index (χ2v) is 18.8. The van der Waals surface area contributed by atoms with Crippen LogP contribution in [0.5, 0.6) is 11.5 Å². The molecule has 62 heavy (non-hydrogen) atoms. The Hall–Kier alpha value is -5.39. The summed E-state index contributed by atoms with van der Waals surface area (Å²) in [5.74, 6) is 0.0763. The van der Waals surface area contributed by atoms with E-state index in [2.05, 4.69) is 42.1 Å². The summed E-state index contributed by atoms with van der Waals surface area (Å²) < 4.78 is 48.5. The topological polar surface area (TPSA) is 108 Å². The molecule has 2 spiro atoms. The van der Waals surface area contributed by atoms with Gasteiger partial charge in [0.2, 0.25) is 0 Å². The number of urea groups is 1. The number of ketones is 1. The highest BCUT2D eigenvalue weighted by atomic mass is 19.4. The number of methoxy groups -OCH3 is 1. The third kappa shape index (κ3) is 6.74. The number of amides is 2. The highest BCUT2D eigenvalue weighted by Gasteiger charge is 2.74. The fourth-order valence-corrected chi connectivity index (χ4v) is 12.7. The van der Waals surface area contributed by atoms with Crippen LogP contribution < -0.4 is 14.8 Å². The maximum absolute atomic E-state index is 15.6. The van der Waals surface area contributed by atoms with E-state index in [9.17, 15) is 28.2 Å². The number of Topliss-reactive ketones (excluding diaryl/α,β-unsaturated/α-hetero) is 1. The van der Waals surface area contributed by atoms with Gasteiger partial charge in [-0.3, -0.25) is 4.79 Å². The average molecular weight is 847 g/mol.